The van der Waals surface area contributed by atoms with E-state index in [1.165, 1.54) is 11.1 Å². The minimum Gasteiger partial charge on any atom is -0.493 e. The quantitative estimate of drug-likeness (QED) is 0.736. The van der Waals surface area contributed by atoms with Crippen LogP contribution < -0.4 is 14.8 Å². The van der Waals surface area contributed by atoms with E-state index in [4.69, 9.17) is 9.47 Å². The van der Waals surface area contributed by atoms with Gasteiger partial charge in [0, 0.05) is 18.7 Å². The van der Waals surface area contributed by atoms with Gasteiger partial charge in [0.05, 0.1) is 12.7 Å². The minimum atomic E-state index is 0.207. The van der Waals surface area contributed by atoms with Crippen LogP contribution in [0.5, 0.6) is 11.5 Å². The first-order chi connectivity index (χ1) is 11.2. The third kappa shape index (κ3) is 5.95. The number of para-hydroxylation sites is 1. The van der Waals surface area contributed by atoms with Gasteiger partial charge < -0.3 is 14.8 Å². The Labute approximate surface area is 139 Å². The Morgan fingerprint density at radius 2 is 1.70 bits per heavy atom. The maximum atomic E-state index is 5.79. The molecule has 0 bridgehead atoms. The van der Waals surface area contributed by atoms with Crippen LogP contribution in [0.2, 0.25) is 0 Å². The van der Waals surface area contributed by atoms with Gasteiger partial charge in [0.1, 0.15) is 11.5 Å². The molecule has 3 nitrogen and oxygen atoms in total. The monoisotopic (exact) mass is 313 g/mol. The predicted molar refractivity (Wildman–Crippen MR) is 95.0 cm³/mol. The molecule has 124 valence electrons. The van der Waals surface area contributed by atoms with Crippen molar-refractivity contribution in [3.8, 4) is 11.5 Å². The Morgan fingerprint density at radius 1 is 0.957 bits per heavy atom. The highest BCUT2D eigenvalue weighted by molar-refractivity contribution is 5.33. The van der Waals surface area contributed by atoms with E-state index in [0.717, 1.165) is 37.6 Å². The second kappa shape index (κ2) is 9.21. The molecule has 0 heterocycles. The van der Waals surface area contributed by atoms with Crippen molar-refractivity contribution in [1.29, 1.82) is 0 Å². The van der Waals surface area contributed by atoms with E-state index in [2.05, 4.69) is 30.4 Å². The summed E-state index contributed by atoms with van der Waals surface area (Å²) >= 11 is 0. The molecule has 0 unspecified atom stereocenters. The molecular weight excluding hydrogens is 286 g/mol. The number of benzene rings is 2. The summed E-state index contributed by atoms with van der Waals surface area (Å²) in [6.07, 6.45) is 1.23. The standard InChI is InChI=1S/C20H27NO2/c1-4-13-22-20-8-6-5-7-18(20)15-21-14-17-9-11-19(12-10-17)23-16(2)3/h5-12,16,21H,4,13-15H2,1-3H3. The number of hydrogen-bond donors (Lipinski definition) is 1. The second-order valence-corrected chi connectivity index (χ2v) is 5.87. The summed E-state index contributed by atoms with van der Waals surface area (Å²) in [4.78, 5) is 0. The maximum Gasteiger partial charge on any atom is 0.123 e. The molecule has 0 spiro atoms. The highest BCUT2D eigenvalue weighted by Gasteiger charge is 2.03. The molecule has 0 amide bonds. The smallest absolute Gasteiger partial charge is 0.123 e. The molecule has 0 atom stereocenters. The number of ether oxygens (including phenoxy) is 2. The summed E-state index contributed by atoms with van der Waals surface area (Å²) in [6, 6.07) is 16.5. The first-order valence-corrected chi connectivity index (χ1v) is 8.36. The zero-order valence-corrected chi connectivity index (χ0v) is 14.3. The molecular formula is C20H27NO2. The SMILES string of the molecule is CCCOc1ccccc1CNCc1ccc(OC(C)C)cc1. The van der Waals surface area contributed by atoms with E-state index in [1.54, 1.807) is 0 Å². The van der Waals surface area contributed by atoms with Gasteiger partial charge in [-0.25, -0.2) is 0 Å². The van der Waals surface area contributed by atoms with Gasteiger partial charge >= 0.3 is 0 Å². The summed E-state index contributed by atoms with van der Waals surface area (Å²) < 4.78 is 11.4. The Hall–Kier alpha value is -2.00. The van der Waals surface area contributed by atoms with E-state index in [1.807, 2.05) is 44.2 Å². The van der Waals surface area contributed by atoms with Gasteiger partial charge in [-0.3, -0.25) is 0 Å². The number of hydrogen-bond acceptors (Lipinski definition) is 3. The van der Waals surface area contributed by atoms with Crippen molar-refractivity contribution < 1.29 is 9.47 Å². The number of nitrogens with one attached hydrogen (secondary N) is 1. The topological polar surface area (TPSA) is 30.5 Å². The van der Waals surface area contributed by atoms with Crippen LogP contribution in [0.3, 0.4) is 0 Å². The normalized spacial score (nSPS) is 10.8. The summed E-state index contributed by atoms with van der Waals surface area (Å²) in [5.41, 5.74) is 2.44. The van der Waals surface area contributed by atoms with Crippen LogP contribution in [-0.4, -0.2) is 12.7 Å². The molecule has 2 rings (SSSR count). The molecule has 0 fully saturated rings. The fraction of sp³-hybridized carbons (Fsp3) is 0.400. The summed E-state index contributed by atoms with van der Waals surface area (Å²) in [5, 5.41) is 3.47. The fourth-order valence-corrected chi connectivity index (χ4v) is 2.30. The van der Waals surface area contributed by atoms with Gasteiger partial charge in [-0.05, 0) is 44.0 Å². The maximum absolute atomic E-state index is 5.79. The van der Waals surface area contributed by atoms with Crippen molar-refractivity contribution in [2.75, 3.05) is 6.61 Å². The highest BCUT2D eigenvalue weighted by atomic mass is 16.5. The zero-order chi connectivity index (χ0) is 16.5. The molecule has 0 aliphatic heterocycles. The van der Waals surface area contributed by atoms with Crippen molar-refractivity contribution in [2.45, 2.75) is 46.4 Å². The van der Waals surface area contributed by atoms with Crippen LogP contribution in [0.15, 0.2) is 48.5 Å². The average molecular weight is 313 g/mol. The summed E-state index contributed by atoms with van der Waals surface area (Å²) in [7, 11) is 0. The Kier molecular flexibility index (Phi) is 6.95. The highest BCUT2D eigenvalue weighted by Crippen LogP contribution is 2.18. The lowest BCUT2D eigenvalue weighted by molar-refractivity contribution is 0.242. The first kappa shape index (κ1) is 17.4. The van der Waals surface area contributed by atoms with Gasteiger partial charge in [-0.2, -0.15) is 0 Å². The van der Waals surface area contributed by atoms with Crippen molar-refractivity contribution in [1.82, 2.24) is 5.32 Å². The van der Waals surface area contributed by atoms with E-state index in [9.17, 15) is 0 Å². The Morgan fingerprint density at radius 3 is 2.39 bits per heavy atom. The largest absolute Gasteiger partial charge is 0.493 e. The lowest BCUT2D eigenvalue weighted by Crippen LogP contribution is -2.14. The van der Waals surface area contributed by atoms with Crippen LogP contribution in [0, 0.1) is 0 Å². The van der Waals surface area contributed by atoms with Gasteiger partial charge in [0.25, 0.3) is 0 Å². The number of rotatable bonds is 9. The van der Waals surface area contributed by atoms with Gasteiger partial charge in [-0.1, -0.05) is 37.3 Å². The van der Waals surface area contributed by atoms with E-state index >= 15 is 0 Å². The van der Waals surface area contributed by atoms with Gasteiger partial charge in [-0.15, -0.1) is 0 Å². The fourth-order valence-electron chi connectivity index (χ4n) is 2.30. The van der Waals surface area contributed by atoms with E-state index in [-0.39, 0.29) is 6.10 Å². The molecule has 2 aromatic rings. The van der Waals surface area contributed by atoms with Crippen LogP contribution in [-0.2, 0) is 13.1 Å². The van der Waals surface area contributed by atoms with Crippen molar-refractivity contribution in [3.63, 3.8) is 0 Å². The summed E-state index contributed by atoms with van der Waals surface area (Å²) in [6.45, 7) is 8.57. The predicted octanol–water partition coefficient (Wildman–Crippen LogP) is 4.55. The molecule has 0 saturated heterocycles. The first-order valence-electron chi connectivity index (χ1n) is 8.36. The minimum absolute atomic E-state index is 0.207. The molecule has 3 heteroatoms. The van der Waals surface area contributed by atoms with Crippen LogP contribution in [0.1, 0.15) is 38.3 Å². The molecule has 0 saturated carbocycles. The lowest BCUT2D eigenvalue weighted by Gasteiger charge is -2.12. The summed E-state index contributed by atoms with van der Waals surface area (Å²) in [5.74, 6) is 1.89. The van der Waals surface area contributed by atoms with E-state index < -0.39 is 0 Å². The molecule has 0 aromatic heterocycles. The second-order valence-electron chi connectivity index (χ2n) is 5.87. The van der Waals surface area contributed by atoms with Crippen LogP contribution >= 0.6 is 0 Å². The van der Waals surface area contributed by atoms with Crippen molar-refractivity contribution in [3.05, 3.63) is 59.7 Å². The molecule has 0 radical (unpaired) electrons. The molecule has 0 aliphatic rings. The van der Waals surface area contributed by atoms with Crippen LogP contribution in [0.4, 0.5) is 0 Å². The molecule has 1 N–H and O–H groups in total. The molecule has 23 heavy (non-hydrogen) atoms. The third-order valence-electron chi connectivity index (χ3n) is 3.37. The molecule has 2 aromatic carbocycles. The van der Waals surface area contributed by atoms with Crippen molar-refractivity contribution >= 4 is 0 Å². The molecule has 0 aliphatic carbocycles. The zero-order valence-electron chi connectivity index (χ0n) is 14.3. The van der Waals surface area contributed by atoms with Gasteiger partial charge in [0.2, 0.25) is 0 Å². The van der Waals surface area contributed by atoms with E-state index in [0.29, 0.717) is 0 Å². The Balaban J connectivity index is 1.85. The third-order valence-corrected chi connectivity index (χ3v) is 3.37. The van der Waals surface area contributed by atoms with Crippen LogP contribution in [0.25, 0.3) is 0 Å². The average Bonchev–Trinajstić information content (AvgIpc) is 2.55. The van der Waals surface area contributed by atoms with Gasteiger partial charge in [0.15, 0.2) is 0 Å². The Bertz CT molecular complexity index is 578. The lowest BCUT2D eigenvalue weighted by atomic mass is 10.2. The van der Waals surface area contributed by atoms with Crippen molar-refractivity contribution in [2.24, 2.45) is 0 Å².